The summed E-state index contributed by atoms with van der Waals surface area (Å²) in [5, 5.41) is 10.6. The Morgan fingerprint density at radius 2 is 2.23 bits per heavy atom. The summed E-state index contributed by atoms with van der Waals surface area (Å²) in [5.74, 6) is 0.332. The molecular weight excluding hydrogens is 170 g/mol. The number of hydrogen-bond acceptors (Lipinski definition) is 3. The van der Waals surface area contributed by atoms with E-state index in [1.165, 1.54) is 6.07 Å². The first-order chi connectivity index (χ1) is 6.15. The normalized spacial score (nSPS) is 9.69. The molecule has 0 radical (unpaired) electrons. The predicted molar refractivity (Wildman–Crippen MR) is 49.0 cm³/mol. The van der Waals surface area contributed by atoms with Gasteiger partial charge in [0.15, 0.2) is 5.75 Å². The summed E-state index contributed by atoms with van der Waals surface area (Å²) in [7, 11) is 0. The van der Waals surface area contributed by atoms with Crippen LogP contribution >= 0.6 is 0 Å². The zero-order chi connectivity index (χ0) is 9.84. The van der Waals surface area contributed by atoms with E-state index in [1.54, 1.807) is 19.1 Å². The molecule has 0 fully saturated rings. The molecule has 1 aromatic carbocycles. The van der Waals surface area contributed by atoms with Crippen molar-refractivity contribution in [1.29, 1.82) is 0 Å². The highest BCUT2D eigenvalue weighted by Gasteiger charge is 2.13. The van der Waals surface area contributed by atoms with Crippen LogP contribution in [0.2, 0.25) is 0 Å². The van der Waals surface area contributed by atoms with Crippen LogP contribution in [0.4, 0.5) is 5.69 Å². The van der Waals surface area contributed by atoms with Crippen molar-refractivity contribution in [1.82, 2.24) is 0 Å². The molecule has 4 heteroatoms. The van der Waals surface area contributed by atoms with Crippen LogP contribution in [0.3, 0.4) is 0 Å². The maximum absolute atomic E-state index is 10.6. The van der Waals surface area contributed by atoms with Crippen molar-refractivity contribution >= 4 is 5.69 Å². The number of hydrogen-bond donors (Lipinski definition) is 0. The average molecular weight is 181 g/mol. The first-order valence-corrected chi connectivity index (χ1v) is 4.03. The molecule has 1 aromatic rings. The van der Waals surface area contributed by atoms with Crippen LogP contribution in [0, 0.1) is 17.0 Å². The molecule has 0 atom stereocenters. The molecule has 0 aliphatic heterocycles. The molecule has 0 aliphatic carbocycles. The lowest BCUT2D eigenvalue weighted by molar-refractivity contribution is -0.385. The summed E-state index contributed by atoms with van der Waals surface area (Å²) in [5.41, 5.74) is 0.886. The number of benzene rings is 1. The second-order valence-corrected chi connectivity index (χ2v) is 2.66. The zero-order valence-electron chi connectivity index (χ0n) is 7.61. The fourth-order valence-corrected chi connectivity index (χ4v) is 1.05. The van der Waals surface area contributed by atoms with Crippen LogP contribution in [0.1, 0.15) is 12.5 Å². The van der Waals surface area contributed by atoms with Crippen LogP contribution in [0.25, 0.3) is 0 Å². The highest BCUT2D eigenvalue weighted by Crippen LogP contribution is 2.27. The van der Waals surface area contributed by atoms with E-state index >= 15 is 0 Å². The van der Waals surface area contributed by atoms with Crippen molar-refractivity contribution in [2.24, 2.45) is 0 Å². The van der Waals surface area contributed by atoms with Crippen molar-refractivity contribution < 1.29 is 9.66 Å². The van der Waals surface area contributed by atoms with E-state index in [1.807, 2.05) is 6.92 Å². The molecule has 0 heterocycles. The lowest BCUT2D eigenvalue weighted by Gasteiger charge is -2.03. The third-order valence-corrected chi connectivity index (χ3v) is 1.61. The standard InChI is InChI=1S/C9H11NO3/c1-3-13-9-5-4-7(2)6-8(9)10(11)12/h4-6H,3H2,1-2H3. The van der Waals surface area contributed by atoms with Crippen LogP contribution in [0.15, 0.2) is 18.2 Å². The summed E-state index contributed by atoms with van der Waals surface area (Å²) < 4.78 is 5.11. The monoisotopic (exact) mass is 181 g/mol. The minimum Gasteiger partial charge on any atom is -0.487 e. The molecule has 0 bridgehead atoms. The Labute approximate surface area is 76.3 Å². The van der Waals surface area contributed by atoms with Gasteiger partial charge < -0.3 is 4.74 Å². The van der Waals surface area contributed by atoms with Gasteiger partial charge in [-0.1, -0.05) is 6.07 Å². The average Bonchev–Trinajstić information content (AvgIpc) is 2.08. The van der Waals surface area contributed by atoms with Gasteiger partial charge in [-0.15, -0.1) is 0 Å². The number of rotatable bonds is 3. The van der Waals surface area contributed by atoms with E-state index in [4.69, 9.17) is 4.74 Å². The van der Waals surface area contributed by atoms with Crippen molar-refractivity contribution in [2.45, 2.75) is 13.8 Å². The molecule has 70 valence electrons. The Morgan fingerprint density at radius 3 is 2.77 bits per heavy atom. The molecule has 0 unspecified atom stereocenters. The Bertz CT molecular complexity index is 323. The lowest BCUT2D eigenvalue weighted by Crippen LogP contribution is -1.97. The van der Waals surface area contributed by atoms with Gasteiger partial charge in [0, 0.05) is 6.07 Å². The van der Waals surface area contributed by atoms with Gasteiger partial charge in [-0.3, -0.25) is 10.1 Å². The van der Waals surface area contributed by atoms with Crippen LogP contribution in [0.5, 0.6) is 5.75 Å². The van der Waals surface area contributed by atoms with E-state index in [0.717, 1.165) is 5.56 Å². The van der Waals surface area contributed by atoms with E-state index < -0.39 is 4.92 Å². The molecule has 0 amide bonds. The molecule has 4 nitrogen and oxygen atoms in total. The number of nitrogens with zero attached hydrogens (tertiary/aromatic N) is 1. The molecule has 13 heavy (non-hydrogen) atoms. The highest BCUT2D eigenvalue weighted by molar-refractivity contribution is 5.48. The highest BCUT2D eigenvalue weighted by atomic mass is 16.6. The molecule has 0 saturated heterocycles. The fourth-order valence-electron chi connectivity index (χ4n) is 1.05. The number of aryl methyl sites for hydroxylation is 1. The Balaban J connectivity index is 3.10. The smallest absolute Gasteiger partial charge is 0.311 e. The number of nitro groups is 1. The first kappa shape index (κ1) is 9.51. The third kappa shape index (κ3) is 2.18. The van der Waals surface area contributed by atoms with E-state index in [0.29, 0.717) is 12.4 Å². The van der Waals surface area contributed by atoms with E-state index in [9.17, 15) is 10.1 Å². The topological polar surface area (TPSA) is 52.4 Å². The summed E-state index contributed by atoms with van der Waals surface area (Å²) in [4.78, 5) is 10.1. The van der Waals surface area contributed by atoms with Crippen LogP contribution in [-0.2, 0) is 0 Å². The van der Waals surface area contributed by atoms with Crippen molar-refractivity contribution in [3.05, 3.63) is 33.9 Å². The molecule has 0 aromatic heterocycles. The maximum atomic E-state index is 10.6. The van der Waals surface area contributed by atoms with Crippen molar-refractivity contribution in [3.8, 4) is 5.75 Å². The molecule has 1 rings (SSSR count). The van der Waals surface area contributed by atoms with Gasteiger partial charge in [0.25, 0.3) is 0 Å². The number of nitro benzene ring substituents is 1. The van der Waals surface area contributed by atoms with Gasteiger partial charge in [0.1, 0.15) is 0 Å². The van der Waals surface area contributed by atoms with Crippen LogP contribution in [-0.4, -0.2) is 11.5 Å². The lowest BCUT2D eigenvalue weighted by atomic mass is 10.2. The molecule has 0 N–H and O–H groups in total. The summed E-state index contributed by atoms with van der Waals surface area (Å²) in [6.45, 7) is 4.04. The minimum atomic E-state index is -0.433. The Morgan fingerprint density at radius 1 is 1.54 bits per heavy atom. The second kappa shape index (κ2) is 3.89. The van der Waals surface area contributed by atoms with Crippen molar-refractivity contribution in [2.75, 3.05) is 6.61 Å². The number of ether oxygens (including phenoxy) is 1. The van der Waals surface area contributed by atoms with Gasteiger partial charge >= 0.3 is 5.69 Å². The fraction of sp³-hybridized carbons (Fsp3) is 0.333. The second-order valence-electron chi connectivity index (χ2n) is 2.66. The minimum absolute atomic E-state index is 0.0295. The van der Waals surface area contributed by atoms with Crippen molar-refractivity contribution in [3.63, 3.8) is 0 Å². The first-order valence-electron chi connectivity index (χ1n) is 4.03. The predicted octanol–water partition coefficient (Wildman–Crippen LogP) is 2.30. The third-order valence-electron chi connectivity index (χ3n) is 1.61. The van der Waals surface area contributed by atoms with Crippen LogP contribution < -0.4 is 4.74 Å². The van der Waals surface area contributed by atoms with Gasteiger partial charge in [0.05, 0.1) is 11.5 Å². The van der Waals surface area contributed by atoms with E-state index in [2.05, 4.69) is 0 Å². The maximum Gasteiger partial charge on any atom is 0.311 e. The largest absolute Gasteiger partial charge is 0.487 e. The van der Waals surface area contributed by atoms with E-state index in [-0.39, 0.29) is 5.69 Å². The summed E-state index contributed by atoms with van der Waals surface area (Å²) >= 11 is 0. The summed E-state index contributed by atoms with van der Waals surface area (Å²) in [6.07, 6.45) is 0. The molecular formula is C9H11NO3. The van der Waals surface area contributed by atoms with Gasteiger partial charge in [-0.05, 0) is 25.5 Å². The molecule has 0 spiro atoms. The van der Waals surface area contributed by atoms with Gasteiger partial charge in [-0.2, -0.15) is 0 Å². The SMILES string of the molecule is CCOc1ccc(C)cc1[N+](=O)[O-]. The molecule has 0 saturated carbocycles. The molecule has 0 aliphatic rings. The summed E-state index contributed by atoms with van der Waals surface area (Å²) in [6, 6.07) is 4.92. The quantitative estimate of drug-likeness (QED) is 0.531. The zero-order valence-corrected chi connectivity index (χ0v) is 7.61. The Kier molecular flexibility index (Phi) is 2.84. The van der Waals surface area contributed by atoms with Gasteiger partial charge in [0.2, 0.25) is 0 Å². The van der Waals surface area contributed by atoms with Gasteiger partial charge in [-0.25, -0.2) is 0 Å². The Hall–Kier alpha value is -1.58.